The fraction of sp³-hybridized carbons (Fsp3) is 0.0667. The van der Waals surface area contributed by atoms with Gasteiger partial charge in [0.1, 0.15) is 0 Å². The minimum Gasteiger partial charge on any atom is -0.504 e. The summed E-state index contributed by atoms with van der Waals surface area (Å²) in [7, 11) is 0. The molecule has 6 heteroatoms. The number of carbonyl (C=O) groups excluding carboxylic acids is 1. The molecule has 21 heavy (non-hydrogen) atoms. The summed E-state index contributed by atoms with van der Waals surface area (Å²) >= 11 is 0. The van der Waals surface area contributed by atoms with Crippen molar-refractivity contribution < 1.29 is 24.9 Å². The number of nitrogens with one attached hydrogen (secondary N) is 1. The molecule has 108 valence electrons. The highest BCUT2D eigenvalue weighted by atomic mass is 16.4. The molecular weight excluding hydrogens is 274 g/mol. The third kappa shape index (κ3) is 2.94. The lowest BCUT2D eigenvalue weighted by Crippen LogP contribution is -2.14. The molecule has 0 unspecified atom stereocenters. The molecule has 2 aromatic rings. The standard InChI is InChI=1S/C15H13NO5/c1-8-10(15(20)21)3-2-4-11(8)16-14(19)9-5-6-12(17)13(18)7-9/h2-7,17-18H,1H3,(H,16,19)(H,20,21). The van der Waals surface area contributed by atoms with Crippen LogP contribution < -0.4 is 5.32 Å². The van der Waals surface area contributed by atoms with Crippen molar-refractivity contribution in [3.05, 3.63) is 53.1 Å². The number of carbonyl (C=O) groups is 2. The van der Waals surface area contributed by atoms with E-state index < -0.39 is 17.6 Å². The summed E-state index contributed by atoms with van der Waals surface area (Å²) in [5.41, 5.74) is 1.04. The van der Waals surface area contributed by atoms with Crippen molar-refractivity contribution >= 4 is 17.6 Å². The number of phenolic OH excluding ortho intramolecular Hbond substituents is 2. The summed E-state index contributed by atoms with van der Waals surface area (Å²) < 4.78 is 0. The third-order valence-corrected chi connectivity index (χ3v) is 3.05. The van der Waals surface area contributed by atoms with Gasteiger partial charge < -0.3 is 20.6 Å². The molecule has 6 nitrogen and oxygen atoms in total. The molecule has 0 atom stereocenters. The number of rotatable bonds is 3. The van der Waals surface area contributed by atoms with Crippen LogP contribution >= 0.6 is 0 Å². The molecule has 0 fully saturated rings. The average Bonchev–Trinajstić information content (AvgIpc) is 2.43. The van der Waals surface area contributed by atoms with Gasteiger partial charge in [0.15, 0.2) is 11.5 Å². The van der Waals surface area contributed by atoms with Gasteiger partial charge in [-0.2, -0.15) is 0 Å². The maximum absolute atomic E-state index is 12.1. The van der Waals surface area contributed by atoms with Gasteiger partial charge in [-0.05, 0) is 42.8 Å². The molecule has 0 heterocycles. The van der Waals surface area contributed by atoms with Crippen LogP contribution in [0, 0.1) is 6.92 Å². The number of hydrogen-bond donors (Lipinski definition) is 4. The largest absolute Gasteiger partial charge is 0.504 e. The van der Waals surface area contributed by atoms with Gasteiger partial charge in [-0.15, -0.1) is 0 Å². The highest BCUT2D eigenvalue weighted by Crippen LogP contribution is 2.26. The van der Waals surface area contributed by atoms with Gasteiger partial charge in [0.2, 0.25) is 0 Å². The smallest absolute Gasteiger partial charge is 0.336 e. The lowest BCUT2D eigenvalue weighted by molar-refractivity contribution is 0.0695. The molecule has 0 saturated heterocycles. The van der Waals surface area contributed by atoms with Crippen LogP contribution in [0.1, 0.15) is 26.3 Å². The van der Waals surface area contributed by atoms with E-state index in [1.165, 1.54) is 24.3 Å². The molecular formula is C15H13NO5. The van der Waals surface area contributed by atoms with Crippen LogP contribution in [-0.2, 0) is 0 Å². The molecule has 0 aliphatic rings. The molecule has 0 saturated carbocycles. The molecule has 0 aliphatic heterocycles. The second-order valence-corrected chi connectivity index (χ2v) is 4.44. The van der Waals surface area contributed by atoms with Crippen LogP contribution in [-0.4, -0.2) is 27.2 Å². The van der Waals surface area contributed by atoms with Crippen molar-refractivity contribution in [2.45, 2.75) is 6.92 Å². The van der Waals surface area contributed by atoms with E-state index in [-0.39, 0.29) is 16.9 Å². The lowest BCUT2D eigenvalue weighted by atomic mass is 10.1. The van der Waals surface area contributed by atoms with Gasteiger partial charge in [-0.1, -0.05) is 6.07 Å². The Morgan fingerprint density at radius 3 is 2.38 bits per heavy atom. The summed E-state index contributed by atoms with van der Waals surface area (Å²) in [6.45, 7) is 1.59. The Labute approximate surface area is 120 Å². The van der Waals surface area contributed by atoms with Crippen molar-refractivity contribution in [3.8, 4) is 11.5 Å². The van der Waals surface area contributed by atoms with Crippen molar-refractivity contribution in [2.75, 3.05) is 5.32 Å². The number of aromatic carboxylic acids is 1. The quantitative estimate of drug-likeness (QED) is 0.648. The maximum Gasteiger partial charge on any atom is 0.336 e. The highest BCUT2D eigenvalue weighted by Gasteiger charge is 2.14. The Kier molecular flexibility index (Phi) is 3.80. The monoisotopic (exact) mass is 287 g/mol. The fourth-order valence-electron chi connectivity index (χ4n) is 1.86. The van der Waals surface area contributed by atoms with E-state index in [0.717, 1.165) is 6.07 Å². The molecule has 2 rings (SSSR count). The van der Waals surface area contributed by atoms with Crippen LogP contribution in [0.4, 0.5) is 5.69 Å². The second-order valence-electron chi connectivity index (χ2n) is 4.44. The van der Waals surface area contributed by atoms with Crippen LogP contribution in [0.2, 0.25) is 0 Å². The molecule has 0 aromatic heterocycles. The Hall–Kier alpha value is -3.02. The fourth-order valence-corrected chi connectivity index (χ4v) is 1.86. The first-order valence-electron chi connectivity index (χ1n) is 6.06. The van der Waals surface area contributed by atoms with Gasteiger partial charge in [0, 0.05) is 11.3 Å². The predicted molar refractivity (Wildman–Crippen MR) is 75.9 cm³/mol. The highest BCUT2D eigenvalue weighted by molar-refractivity contribution is 6.05. The minimum absolute atomic E-state index is 0.0985. The van der Waals surface area contributed by atoms with Crippen molar-refractivity contribution in [1.82, 2.24) is 0 Å². The van der Waals surface area contributed by atoms with Gasteiger partial charge >= 0.3 is 5.97 Å². The topological polar surface area (TPSA) is 107 Å². The SMILES string of the molecule is Cc1c(NC(=O)c2ccc(O)c(O)c2)cccc1C(=O)O. The summed E-state index contributed by atoms with van der Waals surface area (Å²) in [4.78, 5) is 23.1. The number of benzene rings is 2. The second kappa shape index (κ2) is 5.54. The molecule has 1 amide bonds. The van der Waals surface area contributed by atoms with Crippen molar-refractivity contribution in [2.24, 2.45) is 0 Å². The average molecular weight is 287 g/mol. The summed E-state index contributed by atoms with van der Waals surface area (Å²) in [5, 5.41) is 30.2. The van der Waals surface area contributed by atoms with E-state index >= 15 is 0 Å². The number of hydrogen-bond acceptors (Lipinski definition) is 4. The first-order chi connectivity index (χ1) is 9.90. The summed E-state index contributed by atoms with van der Waals surface area (Å²) in [5.74, 6) is -2.32. The normalized spacial score (nSPS) is 10.1. The van der Waals surface area contributed by atoms with Gasteiger partial charge in [0.05, 0.1) is 5.56 Å². The van der Waals surface area contributed by atoms with Crippen LogP contribution in [0.25, 0.3) is 0 Å². The van der Waals surface area contributed by atoms with E-state index in [0.29, 0.717) is 11.3 Å². The number of amides is 1. The maximum atomic E-state index is 12.1. The van der Waals surface area contributed by atoms with Gasteiger partial charge in [-0.3, -0.25) is 4.79 Å². The van der Waals surface area contributed by atoms with Crippen LogP contribution in [0.5, 0.6) is 11.5 Å². The first kappa shape index (κ1) is 14.4. The first-order valence-corrected chi connectivity index (χ1v) is 6.06. The Morgan fingerprint density at radius 1 is 1.05 bits per heavy atom. The number of aromatic hydroxyl groups is 2. The molecule has 0 radical (unpaired) electrons. The van der Waals surface area contributed by atoms with Crippen molar-refractivity contribution in [1.29, 1.82) is 0 Å². The zero-order valence-corrected chi connectivity index (χ0v) is 11.1. The zero-order chi connectivity index (χ0) is 15.6. The van der Waals surface area contributed by atoms with E-state index in [1.807, 2.05) is 0 Å². The molecule has 0 spiro atoms. The molecule has 2 aromatic carbocycles. The number of carboxylic acids is 1. The van der Waals surface area contributed by atoms with E-state index in [4.69, 9.17) is 5.11 Å². The Bertz CT molecular complexity index is 724. The van der Waals surface area contributed by atoms with E-state index in [1.54, 1.807) is 13.0 Å². The van der Waals surface area contributed by atoms with Gasteiger partial charge in [-0.25, -0.2) is 4.79 Å². The number of carboxylic acid groups (broad SMARTS) is 1. The molecule has 0 aliphatic carbocycles. The molecule has 0 bridgehead atoms. The van der Waals surface area contributed by atoms with Gasteiger partial charge in [0.25, 0.3) is 5.91 Å². The van der Waals surface area contributed by atoms with Crippen LogP contribution in [0.15, 0.2) is 36.4 Å². The van der Waals surface area contributed by atoms with Crippen molar-refractivity contribution in [3.63, 3.8) is 0 Å². The zero-order valence-electron chi connectivity index (χ0n) is 11.1. The number of phenols is 2. The Morgan fingerprint density at radius 2 is 1.76 bits per heavy atom. The summed E-state index contributed by atoms with van der Waals surface area (Å²) in [6.07, 6.45) is 0. The van der Waals surface area contributed by atoms with Crippen LogP contribution in [0.3, 0.4) is 0 Å². The minimum atomic E-state index is -1.08. The molecule has 4 N–H and O–H groups in total. The van der Waals surface area contributed by atoms with E-state index in [9.17, 15) is 19.8 Å². The third-order valence-electron chi connectivity index (χ3n) is 3.05. The number of anilines is 1. The summed E-state index contributed by atoms with van der Waals surface area (Å²) in [6, 6.07) is 8.23. The lowest BCUT2D eigenvalue weighted by Gasteiger charge is -2.10. The Balaban J connectivity index is 2.29. The van der Waals surface area contributed by atoms with E-state index in [2.05, 4.69) is 5.32 Å². The predicted octanol–water partition coefficient (Wildman–Crippen LogP) is 2.36.